The molecule has 0 aliphatic carbocycles. The summed E-state index contributed by atoms with van der Waals surface area (Å²) in [5, 5.41) is 0.375. The Morgan fingerprint density at radius 2 is 2.12 bits per heavy atom. The SMILES string of the molecule is CCCCC(C)Cl.[H-].[Na+]. The minimum absolute atomic E-state index is 0. The molecule has 1 unspecified atom stereocenters. The standard InChI is InChI=1S/C6H13Cl.Na.H/c1-3-4-5-6(2)7;;/h6H,3-5H2,1-2H3;;/q;+1;-1. The molecule has 0 spiro atoms. The maximum Gasteiger partial charge on any atom is 1.00 e. The Bertz CT molecular complexity index is 42.0. The van der Waals surface area contributed by atoms with Crippen molar-refractivity contribution in [2.75, 3.05) is 0 Å². The van der Waals surface area contributed by atoms with Gasteiger partial charge >= 0.3 is 29.6 Å². The van der Waals surface area contributed by atoms with Crippen LogP contribution in [0.4, 0.5) is 0 Å². The molecule has 0 aromatic carbocycles. The van der Waals surface area contributed by atoms with E-state index in [-0.39, 0.29) is 31.0 Å². The second-order valence-electron chi connectivity index (χ2n) is 1.92. The third-order valence-electron chi connectivity index (χ3n) is 0.955. The van der Waals surface area contributed by atoms with Crippen molar-refractivity contribution in [1.82, 2.24) is 0 Å². The summed E-state index contributed by atoms with van der Waals surface area (Å²) in [6.07, 6.45) is 3.69. The van der Waals surface area contributed by atoms with Gasteiger partial charge in [0.25, 0.3) is 0 Å². The number of rotatable bonds is 3. The smallest absolute Gasteiger partial charge is 1.00 e. The Morgan fingerprint density at radius 3 is 2.25 bits per heavy atom. The normalized spacial score (nSPS) is 12.4. The molecule has 0 N–H and O–H groups in total. The number of hydrogen-bond donors (Lipinski definition) is 0. The van der Waals surface area contributed by atoms with Gasteiger partial charge in [-0.3, -0.25) is 0 Å². The molecular weight excluding hydrogens is 131 g/mol. The Balaban J connectivity index is -0.000000180. The van der Waals surface area contributed by atoms with Crippen molar-refractivity contribution in [2.24, 2.45) is 0 Å². The third-order valence-corrected chi connectivity index (χ3v) is 1.17. The summed E-state index contributed by atoms with van der Waals surface area (Å²) in [6.45, 7) is 4.22. The molecule has 46 valence electrons. The van der Waals surface area contributed by atoms with Gasteiger partial charge in [0.2, 0.25) is 0 Å². The molecule has 1 atom stereocenters. The van der Waals surface area contributed by atoms with Crippen LogP contribution in [0.5, 0.6) is 0 Å². The Morgan fingerprint density at radius 1 is 1.62 bits per heavy atom. The predicted octanol–water partition coefficient (Wildman–Crippen LogP) is -0.0796. The van der Waals surface area contributed by atoms with Crippen LogP contribution in [0, 0.1) is 0 Å². The quantitative estimate of drug-likeness (QED) is 0.384. The van der Waals surface area contributed by atoms with Gasteiger partial charge < -0.3 is 1.43 Å². The van der Waals surface area contributed by atoms with Gasteiger partial charge in [-0.25, -0.2) is 0 Å². The van der Waals surface area contributed by atoms with Crippen molar-refractivity contribution in [1.29, 1.82) is 0 Å². The van der Waals surface area contributed by atoms with Crippen LogP contribution in [0.2, 0.25) is 0 Å². The number of halogens is 1. The Kier molecular flexibility index (Phi) is 12.4. The molecule has 0 aliphatic heterocycles. The number of alkyl halides is 1. The van der Waals surface area contributed by atoms with Crippen LogP contribution in [-0.2, 0) is 0 Å². The summed E-state index contributed by atoms with van der Waals surface area (Å²) in [5.74, 6) is 0. The van der Waals surface area contributed by atoms with Crippen molar-refractivity contribution < 1.29 is 31.0 Å². The van der Waals surface area contributed by atoms with Crippen molar-refractivity contribution in [3.05, 3.63) is 0 Å². The first-order valence-corrected chi connectivity index (χ1v) is 3.35. The minimum Gasteiger partial charge on any atom is -1.00 e. The monoisotopic (exact) mass is 144 g/mol. The number of unbranched alkanes of at least 4 members (excludes halogenated alkanes) is 1. The Labute approximate surface area is 80.8 Å². The molecule has 0 heterocycles. The average molecular weight is 145 g/mol. The van der Waals surface area contributed by atoms with E-state index in [1.54, 1.807) is 0 Å². The van der Waals surface area contributed by atoms with Crippen LogP contribution in [0.25, 0.3) is 0 Å². The van der Waals surface area contributed by atoms with Crippen molar-refractivity contribution in [3.8, 4) is 0 Å². The zero-order valence-electron chi connectivity index (χ0n) is 7.08. The van der Waals surface area contributed by atoms with Crippen molar-refractivity contribution in [2.45, 2.75) is 38.5 Å². The van der Waals surface area contributed by atoms with E-state index in [0.29, 0.717) is 5.38 Å². The van der Waals surface area contributed by atoms with E-state index in [2.05, 4.69) is 6.92 Å². The molecule has 0 bridgehead atoms. The van der Waals surface area contributed by atoms with Gasteiger partial charge in [-0.05, 0) is 13.3 Å². The van der Waals surface area contributed by atoms with Gasteiger partial charge in [0.1, 0.15) is 0 Å². The molecule has 0 rings (SSSR count). The van der Waals surface area contributed by atoms with Crippen LogP contribution in [0.15, 0.2) is 0 Å². The van der Waals surface area contributed by atoms with Gasteiger partial charge in [0.15, 0.2) is 0 Å². The van der Waals surface area contributed by atoms with Gasteiger partial charge in [0.05, 0.1) is 0 Å². The van der Waals surface area contributed by atoms with E-state index in [1.165, 1.54) is 12.8 Å². The van der Waals surface area contributed by atoms with E-state index < -0.39 is 0 Å². The summed E-state index contributed by atoms with van der Waals surface area (Å²) in [7, 11) is 0. The molecule has 0 saturated heterocycles. The second-order valence-corrected chi connectivity index (χ2v) is 2.67. The van der Waals surface area contributed by atoms with E-state index in [0.717, 1.165) is 6.42 Å². The molecule has 8 heavy (non-hydrogen) atoms. The van der Waals surface area contributed by atoms with Gasteiger partial charge in [-0.1, -0.05) is 19.8 Å². The largest absolute Gasteiger partial charge is 1.00 e. The maximum absolute atomic E-state index is 5.66. The summed E-state index contributed by atoms with van der Waals surface area (Å²) in [5.41, 5.74) is 0. The van der Waals surface area contributed by atoms with Crippen LogP contribution in [0.1, 0.15) is 34.5 Å². The fraction of sp³-hybridized carbons (Fsp3) is 1.00. The molecule has 0 amide bonds. The van der Waals surface area contributed by atoms with Crippen LogP contribution >= 0.6 is 11.6 Å². The third kappa shape index (κ3) is 10.3. The summed E-state index contributed by atoms with van der Waals surface area (Å²) < 4.78 is 0. The van der Waals surface area contributed by atoms with Gasteiger partial charge in [0, 0.05) is 5.38 Å². The fourth-order valence-electron chi connectivity index (χ4n) is 0.485. The molecular formula is C6H14ClNa. The molecule has 0 aromatic rings. The zero-order chi connectivity index (χ0) is 5.70. The molecule has 0 saturated carbocycles. The second kappa shape index (κ2) is 8.29. The Hall–Kier alpha value is 1.29. The van der Waals surface area contributed by atoms with E-state index in [1.807, 2.05) is 6.92 Å². The minimum atomic E-state index is 0. The molecule has 0 nitrogen and oxygen atoms in total. The van der Waals surface area contributed by atoms with Crippen molar-refractivity contribution in [3.63, 3.8) is 0 Å². The molecule has 0 radical (unpaired) electrons. The predicted molar refractivity (Wildman–Crippen MR) is 36.0 cm³/mol. The fourth-order valence-corrected chi connectivity index (χ4v) is 0.640. The first-order chi connectivity index (χ1) is 3.27. The van der Waals surface area contributed by atoms with E-state index in [9.17, 15) is 0 Å². The number of hydrogen-bond acceptors (Lipinski definition) is 0. The first kappa shape index (κ1) is 12.0. The first-order valence-electron chi connectivity index (χ1n) is 2.91. The summed E-state index contributed by atoms with van der Waals surface area (Å²) in [6, 6.07) is 0. The maximum atomic E-state index is 5.66. The summed E-state index contributed by atoms with van der Waals surface area (Å²) in [4.78, 5) is 0. The van der Waals surface area contributed by atoms with Gasteiger partial charge in [-0.15, -0.1) is 11.6 Å². The molecule has 0 fully saturated rings. The van der Waals surface area contributed by atoms with E-state index in [4.69, 9.17) is 11.6 Å². The van der Waals surface area contributed by atoms with Gasteiger partial charge in [-0.2, -0.15) is 0 Å². The average Bonchev–Trinajstić information content (AvgIpc) is 1.61. The topological polar surface area (TPSA) is 0 Å². The molecule has 2 heteroatoms. The van der Waals surface area contributed by atoms with E-state index >= 15 is 0 Å². The van der Waals surface area contributed by atoms with Crippen LogP contribution in [-0.4, -0.2) is 5.38 Å². The van der Waals surface area contributed by atoms with Crippen LogP contribution < -0.4 is 29.6 Å². The summed E-state index contributed by atoms with van der Waals surface area (Å²) >= 11 is 5.66. The van der Waals surface area contributed by atoms with Crippen molar-refractivity contribution >= 4 is 11.6 Å². The molecule has 0 aliphatic rings. The van der Waals surface area contributed by atoms with Crippen LogP contribution in [0.3, 0.4) is 0 Å². The zero-order valence-corrected chi connectivity index (χ0v) is 8.83. The molecule has 0 aromatic heterocycles.